The lowest BCUT2D eigenvalue weighted by Crippen LogP contribution is -2.31. The Labute approximate surface area is 173 Å². The zero-order chi connectivity index (χ0) is 20.7. The van der Waals surface area contributed by atoms with Crippen LogP contribution in [-0.4, -0.2) is 60.5 Å². The molecule has 30 heavy (non-hydrogen) atoms. The third-order valence-corrected chi connectivity index (χ3v) is 6.00. The second-order valence-electron chi connectivity index (χ2n) is 7.99. The number of halogens is 2. The van der Waals surface area contributed by atoms with E-state index in [-0.39, 0.29) is 11.6 Å². The van der Waals surface area contributed by atoms with Crippen LogP contribution in [-0.2, 0) is 4.74 Å². The summed E-state index contributed by atoms with van der Waals surface area (Å²) < 4.78 is 35.6. The molecule has 1 aliphatic carbocycles. The summed E-state index contributed by atoms with van der Waals surface area (Å²) in [5.41, 5.74) is 6.87. The van der Waals surface area contributed by atoms with E-state index >= 15 is 0 Å². The summed E-state index contributed by atoms with van der Waals surface area (Å²) in [7, 11) is 0. The molecule has 0 radical (unpaired) electrons. The molecule has 10 heteroatoms. The average Bonchev–Trinajstić information content (AvgIpc) is 3.21. The maximum absolute atomic E-state index is 12.7. The number of hydrogen-bond donors (Lipinski definition) is 1. The predicted molar refractivity (Wildman–Crippen MR) is 108 cm³/mol. The number of anilines is 3. The fourth-order valence-electron chi connectivity index (χ4n) is 4.40. The van der Waals surface area contributed by atoms with Crippen molar-refractivity contribution < 1.29 is 18.3 Å². The minimum absolute atomic E-state index is 0.0846. The van der Waals surface area contributed by atoms with Crippen LogP contribution in [0.1, 0.15) is 19.3 Å². The largest absolute Gasteiger partial charge is 0.431 e. The molecule has 1 saturated carbocycles. The van der Waals surface area contributed by atoms with Crippen LogP contribution >= 0.6 is 0 Å². The summed E-state index contributed by atoms with van der Waals surface area (Å²) in [6, 6.07) is 3.81. The van der Waals surface area contributed by atoms with Gasteiger partial charge in [0.05, 0.1) is 12.3 Å². The first-order chi connectivity index (χ1) is 14.6. The molecule has 6 rings (SSSR count). The van der Waals surface area contributed by atoms with E-state index in [0.29, 0.717) is 35.8 Å². The molecule has 0 spiro atoms. The molecule has 3 aliphatic heterocycles. The van der Waals surface area contributed by atoms with E-state index in [0.717, 1.165) is 38.5 Å². The van der Waals surface area contributed by atoms with Crippen molar-refractivity contribution in [1.29, 1.82) is 0 Å². The number of ether oxygens (including phenoxy) is 2. The number of aromatic nitrogens is 3. The Balaban J connectivity index is 1.54. The van der Waals surface area contributed by atoms with Crippen LogP contribution in [0.15, 0.2) is 18.3 Å². The predicted octanol–water partition coefficient (Wildman–Crippen LogP) is 2.55. The zero-order valence-corrected chi connectivity index (χ0v) is 16.5. The van der Waals surface area contributed by atoms with Crippen LogP contribution < -0.4 is 20.3 Å². The van der Waals surface area contributed by atoms with E-state index in [2.05, 4.69) is 19.5 Å². The molecule has 5 heterocycles. The molecular weight excluding hydrogens is 394 g/mol. The van der Waals surface area contributed by atoms with Gasteiger partial charge in [-0.15, -0.1) is 0 Å². The summed E-state index contributed by atoms with van der Waals surface area (Å²) in [5, 5.41) is 0. The van der Waals surface area contributed by atoms with Gasteiger partial charge in [-0.3, -0.25) is 0 Å². The Morgan fingerprint density at radius 2 is 2.03 bits per heavy atom. The highest BCUT2D eigenvalue weighted by Gasteiger charge is 2.44. The smallest absolute Gasteiger partial charge is 0.387 e. The lowest BCUT2D eigenvalue weighted by Gasteiger charge is -2.28. The molecule has 0 amide bonds. The highest BCUT2D eigenvalue weighted by Crippen LogP contribution is 2.43. The Kier molecular flexibility index (Phi) is 5.01. The van der Waals surface area contributed by atoms with E-state index in [1.807, 2.05) is 6.07 Å². The van der Waals surface area contributed by atoms with E-state index < -0.39 is 6.61 Å². The van der Waals surface area contributed by atoms with Crippen LogP contribution in [0.3, 0.4) is 0 Å². The molecule has 8 nitrogen and oxygen atoms in total. The number of fused-ring (bicyclic) bond motifs is 1. The molecule has 2 bridgehead atoms. The molecule has 0 unspecified atom stereocenters. The number of pyridine rings is 1. The van der Waals surface area contributed by atoms with Crippen molar-refractivity contribution in [1.82, 2.24) is 15.0 Å². The van der Waals surface area contributed by atoms with Gasteiger partial charge in [-0.05, 0) is 31.2 Å². The first kappa shape index (κ1) is 19.2. The number of nitrogens with two attached hydrogens (primary N) is 1. The Hall–Kier alpha value is -2.75. The summed E-state index contributed by atoms with van der Waals surface area (Å²) in [6.07, 6.45) is 4.80. The van der Waals surface area contributed by atoms with Gasteiger partial charge in [-0.1, -0.05) is 0 Å². The number of rotatable bonds is 5. The zero-order valence-electron chi connectivity index (χ0n) is 16.5. The molecule has 0 atom stereocenters. The maximum atomic E-state index is 12.7. The van der Waals surface area contributed by atoms with Gasteiger partial charge in [0.25, 0.3) is 0 Å². The van der Waals surface area contributed by atoms with Crippen molar-refractivity contribution in [2.24, 2.45) is 5.92 Å². The summed E-state index contributed by atoms with van der Waals surface area (Å²) >= 11 is 0. The van der Waals surface area contributed by atoms with Crippen LogP contribution in [0, 0.1) is 5.92 Å². The third kappa shape index (κ3) is 3.71. The van der Waals surface area contributed by atoms with Crippen molar-refractivity contribution >= 4 is 17.6 Å². The summed E-state index contributed by atoms with van der Waals surface area (Å²) in [5.74, 6) is 1.94. The monoisotopic (exact) mass is 418 g/mol. The van der Waals surface area contributed by atoms with Gasteiger partial charge in [0.2, 0.25) is 5.95 Å². The Bertz CT molecular complexity index is 916. The highest BCUT2D eigenvalue weighted by atomic mass is 19.3. The lowest BCUT2D eigenvalue weighted by molar-refractivity contribution is -0.0494. The third-order valence-electron chi connectivity index (χ3n) is 6.00. The van der Waals surface area contributed by atoms with E-state index in [1.165, 1.54) is 25.1 Å². The van der Waals surface area contributed by atoms with Gasteiger partial charge >= 0.3 is 6.61 Å². The first-order valence-electron chi connectivity index (χ1n) is 10.3. The second-order valence-corrected chi connectivity index (χ2v) is 7.99. The molecule has 160 valence electrons. The normalized spacial score (nSPS) is 23.4. The van der Waals surface area contributed by atoms with E-state index in [9.17, 15) is 8.78 Å². The number of hydrogen-bond acceptors (Lipinski definition) is 8. The summed E-state index contributed by atoms with van der Waals surface area (Å²) in [4.78, 5) is 18.1. The molecule has 3 saturated heterocycles. The lowest BCUT2D eigenvalue weighted by atomic mass is 9.86. The molecule has 2 aromatic rings. The minimum atomic E-state index is -2.98. The van der Waals surface area contributed by atoms with E-state index in [4.69, 9.17) is 20.4 Å². The molecule has 4 aliphatic rings. The van der Waals surface area contributed by atoms with Gasteiger partial charge in [0.15, 0.2) is 11.6 Å². The number of nitrogens with zero attached hydrogens (tertiary/aromatic N) is 5. The SMILES string of the molecule is Nc1ncc(-c2cc(N3CCCOCC3)nc(N3CC4CC3C4)n2)cc1OC(F)F. The van der Waals surface area contributed by atoms with Crippen molar-refractivity contribution in [3.8, 4) is 17.0 Å². The van der Waals surface area contributed by atoms with Crippen molar-refractivity contribution in [2.45, 2.75) is 31.9 Å². The van der Waals surface area contributed by atoms with Gasteiger partial charge in [-0.25, -0.2) is 9.97 Å². The number of alkyl halides is 2. The van der Waals surface area contributed by atoms with Gasteiger partial charge in [0, 0.05) is 50.1 Å². The molecule has 2 aromatic heterocycles. The second kappa shape index (κ2) is 7.82. The van der Waals surface area contributed by atoms with Crippen molar-refractivity contribution in [3.63, 3.8) is 0 Å². The fraction of sp³-hybridized carbons (Fsp3) is 0.550. The topological polar surface area (TPSA) is 89.6 Å². The van der Waals surface area contributed by atoms with Gasteiger partial charge < -0.3 is 25.0 Å². The van der Waals surface area contributed by atoms with Crippen LogP contribution in [0.25, 0.3) is 11.3 Å². The standard InChI is InChI=1S/C20H24F2N6O2/c21-19(22)30-16-8-13(10-24-18(16)23)15-9-17(27-2-1-4-29-5-3-27)26-20(25-15)28-11-12-6-14(28)7-12/h8-10,12,14,19H,1-7,11H2,(H2,23,24). The van der Waals surface area contributed by atoms with Crippen LogP contribution in [0.5, 0.6) is 5.75 Å². The van der Waals surface area contributed by atoms with Crippen LogP contribution in [0.4, 0.5) is 26.4 Å². The molecule has 2 N–H and O–H groups in total. The van der Waals surface area contributed by atoms with E-state index in [1.54, 1.807) is 0 Å². The van der Waals surface area contributed by atoms with Gasteiger partial charge in [-0.2, -0.15) is 13.8 Å². The minimum Gasteiger partial charge on any atom is -0.431 e. The first-order valence-corrected chi connectivity index (χ1v) is 10.3. The quantitative estimate of drug-likeness (QED) is 0.793. The number of nitrogen functional groups attached to an aromatic ring is 1. The van der Waals surface area contributed by atoms with Crippen molar-refractivity contribution in [3.05, 3.63) is 18.3 Å². The Morgan fingerprint density at radius 1 is 1.17 bits per heavy atom. The Morgan fingerprint density at radius 3 is 2.80 bits per heavy atom. The molecule has 4 fully saturated rings. The fourth-order valence-corrected chi connectivity index (χ4v) is 4.40. The van der Waals surface area contributed by atoms with Crippen molar-refractivity contribution in [2.75, 3.05) is 48.4 Å². The molecular formula is C20H24F2N6O2. The van der Waals surface area contributed by atoms with Gasteiger partial charge in [0.1, 0.15) is 5.82 Å². The molecule has 0 aromatic carbocycles. The highest BCUT2D eigenvalue weighted by molar-refractivity contribution is 5.68. The van der Waals surface area contributed by atoms with Crippen LogP contribution in [0.2, 0.25) is 0 Å². The summed E-state index contributed by atoms with van der Waals surface area (Å²) in [6.45, 7) is 0.917. The average molecular weight is 418 g/mol. The maximum Gasteiger partial charge on any atom is 0.387 e.